The molecule has 1 aliphatic rings. The van der Waals surface area contributed by atoms with Crippen molar-refractivity contribution in [1.82, 2.24) is 20.4 Å². The molecule has 3 heterocycles. The maximum atomic E-state index is 12.3. The molecule has 0 fully saturated rings. The van der Waals surface area contributed by atoms with Crippen LogP contribution in [0.4, 0.5) is 0 Å². The number of aromatic amines is 1. The Morgan fingerprint density at radius 2 is 2.04 bits per heavy atom. The minimum atomic E-state index is -0.731. The van der Waals surface area contributed by atoms with Crippen molar-refractivity contribution in [3.63, 3.8) is 0 Å². The number of H-pyrrole nitrogens is 1. The Morgan fingerprint density at radius 3 is 2.68 bits per heavy atom. The van der Waals surface area contributed by atoms with Crippen LogP contribution in [-0.4, -0.2) is 52.7 Å². The summed E-state index contributed by atoms with van der Waals surface area (Å²) < 4.78 is 9.43. The van der Waals surface area contributed by atoms with Crippen LogP contribution >= 0.6 is 11.6 Å². The van der Waals surface area contributed by atoms with Gasteiger partial charge < -0.3 is 14.5 Å². The molecule has 0 aromatic carbocycles. The van der Waals surface area contributed by atoms with Gasteiger partial charge in [-0.25, -0.2) is 10.2 Å². The Kier molecular flexibility index (Phi) is 5.50. The van der Waals surface area contributed by atoms with E-state index in [0.717, 1.165) is 0 Å². The van der Waals surface area contributed by atoms with E-state index < -0.39 is 17.8 Å². The van der Waals surface area contributed by atoms with Crippen LogP contribution < -0.4 is 5.43 Å². The van der Waals surface area contributed by atoms with Gasteiger partial charge in [0.2, 0.25) is 0 Å². The number of hydrogen-bond donors (Lipinski definition) is 2. The molecule has 1 amide bonds. The van der Waals surface area contributed by atoms with Gasteiger partial charge in [-0.1, -0.05) is 11.6 Å². The highest BCUT2D eigenvalue weighted by atomic mass is 35.5. The first-order valence-electron chi connectivity index (χ1n) is 7.88. The molecule has 2 N–H and O–H groups in total. The molecule has 144 valence electrons. The van der Waals surface area contributed by atoms with Gasteiger partial charge in [0.15, 0.2) is 0 Å². The molecule has 2 aromatic rings. The fourth-order valence-corrected chi connectivity index (χ4v) is 2.85. The molecular formula is C17H14ClN5O5. The average Bonchev–Trinajstić information content (AvgIpc) is 3.22. The fraction of sp³-hybridized carbons (Fsp3) is 0.176. The van der Waals surface area contributed by atoms with E-state index in [1.807, 2.05) is 0 Å². The van der Waals surface area contributed by atoms with Crippen molar-refractivity contribution in [2.45, 2.75) is 6.42 Å². The average molecular weight is 404 g/mol. The largest absolute Gasteiger partial charge is 0.469 e. The van der Waals surface area contributed by atoms with Gasteiger partial charge in [-0.05, 0) is 6.08 Å². The number of ether oxygens (including phenoxy) is 2. The summed E-state index contributed by atoms with van der Waals surface area (Å²) >= 11 is 6.17. The number of carbonyl (C=O) groups excluding carboxylic acids is 3. The van der Waals surface area contributed by atoms with E-state index in [9.17, 15) is 14.4 Å². The number of carbonyl (C=O) groups is 3. The molecule has 0 aliphatic carbocycles. The predicted octanol–water partition coefficient (Wildman–Crippen LogP) is 0.878. The monoisotopic (exact) mass is 403 g/mol. The van der Waals surface area contributed by atoms with Crippen LogP contribution in [0.3, 0.4) is 0 Å². The second-order valence-electron chi connectivity index (χ2n) is 5.50. The SMILES string of the molecule is COC(=O)Cc1c(Cl)[nH]c(C=C2C(=O)NN=C2c2cnccn2)c1C(=O)OC. The lowest BCUT2D eigenvalue weighted by atomic mass is 10.0. The first-order valence-corrected chi connectivity index (χ1v) is 8.26. The van der Waals surface area contributed by atoms with Crippen LogP contribution in [0, 0.1) is 0 Å². The fourth-order valence-electron chi connectivity index (χ4n) is 2.58. The van der Waals surface area contributed by atoms with Gasteiger partial charge >= 0.3 is 11.9 Å². The number of rotatable bonds is 5. The zero-order chi connectivity index (χ0) is 20.3. The second kappa shape index (κ2) is 8.01. The van der Waals surface area contributed by atoms with E-state index in [1.165, 1.54) is 38.9 Å². The lowest BCUT2D eigenvalue weighted by Crippen LogP contribution is -2.15. The van der Waals surface area contributed by atoms with Crippen LogP contribution in [-0.2, 0) is 25.5 Å². The lowest BCUT2D eigenvalue weighted by Gasteiger charge is -2.04. The summed E-state index contributed by atoms with van der Waals surface area (Å²) in [5.74, 6) is -1.83. The molecule has 1 aliphatic heterocycles. The quantitative estimate of drug-likeness (QED) is 0.558. The molecule has 0 radical (unpaired) electrons. The second-order valence-corrected chi connectivity index (χ2v) is 5.88. The first kappa shape index (κ1) is 19.2. The van der Waals surface area contributed by atoms with Gasteiger partial charge in [0.1, 0.15) is 16.6 Å². The van der Waals surface area contributed by atoms with E-state index >= 15 is 0 Å². The minimum Gasteiger partial charge on any atom is -0.469 e. The van der Waals surface area contributed by atoms with Crippen LogP contribution in [0.25, 0.3) is 6.08 Å². The molecule has 2 aromatic heterocycles. The number of amides is 1. The number of nitrogens with one attached hydrogen (secondary N) is 2. The van der Waals surface area contributed by atoms with Crippen molar-refractivity contribution in [2.75, 3.05) is 14.2 Å². The summed E-state index contributed by atoms with van der Waals surface area (Å²) in [6.45, 7) is 0. The van der Waals surface area contributed by atoms with Crippen molar-refractivity contribution >= 4 is 41.2 Å². The van der Waals surface area contributed by atoms with Crippen molar-refractivity contribution in [3.8, 4) is 0 Å². The van der Waals surface area contributed by atoms with Gasteiger partial charge in [0, 0.05) is 18.0 Å². The number of aromatic nitrogens is 3. The van der Waals surface area contributed by atoms with E-state index in [-0.39, 0.29) is 39.7 Å². The summed E-state index contributed by atoms with van der Waals surface area (Å²) in [7, 11) is 2.41. The topological polar surface area (TPSA) is 136 Å². The Bertz CT molecular complexity index is 1010. The smallest absolute Gasteiger partial charge is 0.340 e. The lowest BCUT2D eigenvalue weighted by molar-refractivity contribution is -0.139. The highest BCUT2D eigenvalue weighted by molar-refractivity contribution is 6.33. The van der Waals surface area contributed by atoms with Crippen molar-refractivity contribution in [1.29, 1.82) is 0 Å². The zero-order valence-corrected chi connectivity index (χ0v) is 15.5. The highest BCUT2D eigenvalue weighted by Crippen LogP contribution is 2.28. The first-order chi connectivity index (χ1) is 13.5. The molecular weight excluding hydrogens is 390 g/mol. The Balaban J connectivity index is 2.11. The standard InChI is InChI=1S/C17H14ClN5O5/c1-27-12(24)6-8-13(17(26)28-2)10(21-15(8)18)5-9-14(22-23-16(9)25)11-7-19-3-4-20-11/h3-5,7,21H,6H2,1-2H3,(H,23,25). The Labute approximate surface area is 163 Å². The van der Waals surface area contributed by atoms with Crippen LogP contribution in [0.5, 0.6) is 0 Å². The third-order valence-corrected chi connectivity index (χ3v) is 4.20. The number of hydrazone groups is 1. The van der Waals surface area contributed by atoms with Crippen LogP contribution in [0.2, 0.25) is 5.15 Å². The van der Waals surface area contributed by atoms with Gasteiger partial charge in [-0.2, -0.15) is 5.10 Å². The minimum absolute atomic E-state index is 0.0172. The van der Waals surface area contributed by atoms with Gasteiger partial charge in [-0.3, -0.25) is 19.6 Å². The molecule has 28 heavy (non-hydrogen) atoms. The molecule has 0 unspecified atom stereocenters. The molecule has 11 heteroatoms. The predicted molar refractivity (Wildman–Crippen MR) is 97.6 cm³/mol. The summed E-state index contributed by atoms with van der Waals surface area (Å²) in [5, 5.41) is 4.01. The third kappa shape index (κ3) is 3.62. The summed E-state index contributed by atoms with van der Waals surface area (Å²) in [6, 6.07) is 0. The van der Waals surface area contributed by atoms with E-state index in [0.29, 0.717) is 5.69 Å². The molecule has 0 saturated carbocycles. The molecule has 10 nitrogen and oxygen atoms in total. The normalized spacial score (nSPS) is 14.6. The summed E-state index contributed by atoms with van der Waals surface area (Å²) in [6.07, 6.45) is 5.51. The Morgan fingerprint density at radius 1 is 1.25 bits per heavy atom. The summed E-state index contributed by atoms with van der Waals surface area (Å²) in [4.78, 5) is 47.1. The van der Waals surface area contributed by atoms with Gasteiger partial charge in [-0.15, -0.1) is 0 Å². The van der Waals surface area contributed by atoms with Crippen molar-refractivity contribution < 1.29 is 23.9 Å². The van der Waals surface area contributed by atoms with Gasteiger partial charge in [0.25, 0.3) is 5.91 Å². The summed E-state index contributed by atoms with van der Waals surface area (Å²) in [5.41, 5.74) is 3.47. The van der Waals surface area contributed by atoms with Crippen LogP contribution in [0.15, 0.2) is 29.3 Å². The third-order valence-electron chi connectivity index (χ3n) is 3.88. The Hall–Kier alpha value is -3.53. The molecule has 0 atom stereocenters. The molecule has 0 spiro atoms. The molecule has 0 saturated heterocycles. The van der Waals surface area contributed by atoms with Crippen LogP contribution in [0.1, 0.15) is 27.3 Å². The highest BCUT2D eigenvalue weighted by Gasteiger charge is 2.29. The van der Waals surface area contributed by atoms with Gasteiger partial charge in [0.05, 0.1) is 43.7 Å². The van der Waals surface area contributed by atoms with Crippen molar-refractivity contribution in [3.05, 3.63) is 51.8 Å². The number of esters is 2. The molecule has 3 rings (SSSR count). The number of nitrogens with zero attached hydrogens (tertiary/aromatic N) is 3. The maximum absolute atomic E-state index is 12.3. The number of methoxy groups -OCH3 is 2. The number of halogens is 1. The van der Waals surface area contributed by atoms with Crippen molar-refractivity contribution in [2.24, 2.45) is 5.10 Å². The zero-order valence-electron chi connectivity index (χ0n) is 14.8. The maximum Gasteiger partial charge on any atom is 0.340 e. The van der Waals surface area contributed by atoms with E-state index in [2.05, 4.69) is 30.2 Å². The number of hydrogen-bond acceptors (Lipinski definition) is 8. The van der Waals surface area contributed by atoms with E-state index in [1.54, 1.807) is 0 Å². The van der Waals surface area contributed by atoms with E-state index in [4.69, 9.17) is 16.3 Å². The molecule has 0 bridgehead atoms.